The molecule has 0 spiro atoms. The van der Waals surface area contributed by atoms with E-state index < -0.39 is 0 Å². The first-order valence-electron chi connectivity index (χ1n) is 8.80. The van der Waals surface area contributed by atoms with Gasteiger partial charge in [0.2, 0.25) is 11.0 Å². The largest absolute Gasteiger partial charge is 0.299 e. The number of amides is 1. The Morgan fingerprint density at radius 1 is 1.00 bits per heavy atom. The third kappa shape index (κ3) is 4.12. The molecule has 2 aromatic heterocycles. The number of hydrogen-bond acceptors (Lipinski definition) is 6. The van der Waals surface area contributed by atoms with Crippen LogP contribution in [0.1, 0.15) is 10.6 Å². The lowest BCUT2D eigenvalue weighted by Crippen LogP contribution is -2.29. The van der Waals surface area contributed by atoms with Crippen molar-refractivity contribution in [3.8, 4) is 0 Å². The van der Waals surface area contributed by atoms with Gasteiger partial charge in [-0.1, -0.05) is 59.9 Å². The second-order valence-electron chi connectivity index (χ2n) is 6.23. The number of fused-ring (bicyclic) bond motifs is 1. The summed E-state index contributed by atoms with van der Waals surface area (Å²) in [5.41, 5.74) is 0.930. The highest BCUT2D eigenvalue weighted by Gasteiger charge is 2.11. The Hall–Kier alpha value is -3.39. The molecule has 4 aromatic rings. The average molecular weight is 391 g/mol. The van der Waals surface area contributed by atoms with Gasteiger partial charge in [-0.3, -0.25) is 14.9 Å². The fourth-order valence-corrected chi connectivity index (χ4v) is 3.59. The summed E-state index contributed by atoms with van der Waals surface area (Å²) >= 11 is 1.34. The van der Waals surface area contributed by atoms with E-state index in [2.05, 4.69) is 32.7 Å². The molecule has 8 heteroatoms. The molecule has 140 valence electrons. The molecule has 0 aliphatic heterocycles. The van der Waals surface area contributed by atoms with Crippen LogP contribution in [0.5, 0.6) is 0 Å². The Bertz CT molecular complexity index is 1170. The lowest BCUT2D eigenvalue weighted by atomic mass is 10.1. The van der Waals surface area contributed by atoms with Gasteiger partial charge in [0.05, 0.1) is 11.6 Å². The summed E-state index contributed by atoms with van der Waals surface area (Å²) in [7, 11) is 0. The van der Waals surface area contributed by atoms with Crippen LogP contribution in [0.25, 0.3) is 10.8 Å². The zero-order chi connectivity index (χ0) is 19.3. The third-order valence-electron chi connectivity index (χ3n) is 4.24. The maximum Gasteiger partial charge on any atom is 0.275 e. The van der Waals surface area contributed by atoms with Gasteiger partial charge in [-0.2, -0.15) is 5.10 Å². The van der Waals surface area contributed by atoms with E-state index in [4.69, 9.17) is 0 Å². The summed E-state index contributed by atoms with van der Waals surface area (Å²) in [5, 5.41) is 17.4. The van der Waals surface area contributed by atoms with E-state index in [-0.39, 0.29) is 18.0 Å². The van der Waals surface area contributed by atoms with E-state index in [1.54, 1.807) is 18.3 Å². The van der Waals surface area contributed by atoms with Crippen molar-refractivity contribution in [3.63, 3.8) is 0 Å². The van der Waals surface area contributed by atoms with Crippen molar-refractivity contribution in [2.75, 3.05) is 5.32 Å². The minimum absolute atomic E-state index is 0.178. The predicted molar refractivity (Wildman–Crippen MR) is 108 cm³/mol. The summed E-state index contributed by atoms with van der Waals surface area (Å²) in [6, 6.07) is 17.3. The number of hydrogen-bond donors (Lipinski definition) is 1. The Kier molecular flexibility index (Phi) is 5.20. The van der Waals surface area contributed by atoms with Crippen LogP contribution in [0.3, 0.4) is 0 Å². The van der Waals surface area contributed by atoms with Gasteiger partial charge in [0.15, 0.2) is 0 Å². The van der Waals surface area contributed by atoms with Crippen LogP contribution >= 0.6 is 11.3 Å². The number of carbonyl (C=O) groups is 1. The average Bonchev–Trinajstić information content (AvgIpc) is 3.17. The molecule has 28 heavy (non-hydrogen) atoms. The smallest absolute Gasteiger partial charge is 0.275 e. The molecule has 1 N–H and O–H groups in total. The van der Waals surface area contributed by atoms with E-state index >= 15 is 0 Å². The molecule has 1 amide bonds. The summed E-state index contributed by atoms with van der Waals surface area (Å²) < 4.78 is 1.15. The number of carbonyl (C=O) groups excluding carboxylic acids is 1. The molecular weight excluding hydrogens is 374 g/mol. The van der Waals surface area contributed by atoms with Crippen molar-refractivity contribution < 1.29 is 4.79 Å². The second kappa shape index (κ2) is 8.10. The number of anilines is 1. The molecule has 0 fully saturated rings. The highest BCUT2D eigenvalue weighted by Crippen LogP contribution is 2.17. The van der Waals surface area contributed by atoms with E-state index in [1.807, 2.05) is 30.3 Å². The molecule has 0 aliphatic rings. The maximum atomic E-state index is 12.4. The van der Waals surface area contributed by atoms with Crippen LogP contribution in [-0.2, 0) is 24.2 Å². The molecule has 0 aliphatic carbocycles. The zero-order valence-electron chi connectivity index (χ0n) is 14.9. The molecule has 0 atom stereocenters. The van der Waals surface area contributed by atoms with Gasteiger partial charge in [-0.05, 0) is 18.1 Å². The number of benzene rings is 2. The van der Waals surface area contributed by atoms with Gasteiger partial charge >= 0.3 is 0 Å². The van der Waals surface area contributed by atoms with Crippen molar-refractivity contribution in [1.82, 2.24) is 20.0 Å². The van der Waals surface area contributed by atoms with Gasteiger partial charge in [0.1, 0.15) is 11.6 Å². The lowest BCUT2D eigenvalue weighted by molar-refractivity contribution is -0.117. The molecule has 0 radical (unpaired) electrons. The number of aromatic nitrogens is 4. The first-order chi connectivity index (χ1) is 13.7. The number of rotatable bonds is 6. The second-order valence-corrected chi connectivity index (χ2v) is 7.29. The van der Waals surface area contributed by atoms with Crippen molar-refractivity contribution in [3.05, 3.63) is 81.7 Å². The first kappa shape index (κ1) is 18.0. The number of aryl methyl sites for hydroxylation is 2. The molecule has 2 heterocycles. The van der Waals surface area contributed by atoms with Crippen molar-refractivity contribution in [1.29, 1.82) is 0 Å². The minimum Gasteiger partial charge on any atom is -0.299 e. The summed E-state index contributed by atoms with van der Waals surface area (Å²) in [5.74, 6) is -0.365. The lowest BCUT2D eigenvalue weighted by Gasteiger charge is -2.05. The van der Waals surface area contributed by atoms with E-state index in [9.17, 15) is 9.59 Å². The Balaban J connectivity index is 1.39. The fourth-order valence-electron chi connectivity index (χ4n) is 2.84. The topological polar surface area (TPSA) is 89.8 Å². The molecule has 4 rings (SSSR count). The molecule has 0 unspecified atom stereocenters. The van der Waals surface area contributed by atoms with Crippen LogP contribution in [0.15, 0.2) is 65.6 Å². The highest BCUT2D eigenvalue weighted by atomic mass is 32.1. The first-order valence-corrected chi connectivity index (χ1v) is 9.62. The minimum atomic E-state index is -0.365. The number of nitrogens with zero attached hydrogens (tertiary/aromatic N) is 4. The highest BCUT2D eigenvalue weighted by molar-refractivity contribution is 7.15. The maximum absolute atomic E-state index is 12.4. The predicted octanol–water partition coefficient (Wildman–Crippen LogP) is 2.67. The normalized spacial score (nSPS) is 10.9. The Morgan fingerprint density at radius 2 is 1.79 bits per heavy atom. The van der Waals surface area contributed by atoms with Gasteiger partial charge in [-0.25, -0.2) is 4.68 Å². The molecule has 0 bridgehead atoms. The van der Waals surface area contributed by atoms with Crippen LogP contribution < -0.4 is 10.9 Å². The van der Waals surface area contributed by atoms with Crippen molar-refractivity contribution in [2.24, 2.45) is 0 Å². The van der Waals surface area contributed by atoms with Gasteiger partial charge in [0.25, 0.3) is 5.56 Å². The zero-order valence-corrected chi connectivity index (χ0v) is 15.7. The fraction of sp³-hybridized carbons (Fsp3) is 0.150. The standard InChI is InChI=1S/C20H17N5O2S/c26-17(13-25-19(27)16-9-5-4-8-15(16)12-21-25)22-20-24-23-18(28-20)11-10-14-6-2-1-3-7-14/h1-9,12H,10-11,13H2,(H,22,24,26). The summed E-state index contributed by atoms with van der Waals surface area (Å²) in [4.78, 5) is 24.7. The van der Waals surface area contributed by atoms with Crippen LogP contribution in [0.2, 0.25) is 0 Å². The van der Waals surface area contributed by atoms with Crippen LogP contribution in [-0.4, -0.2) is 25.9 Å². The molecule has 7 nitrogen and oxygen atoms in total. The van der Waals surface area contributed by atoms with Gasteiger partial charge in [0, 0.05) is 11.8 Å². The summed E-state index contributed by atoms with van der Waals surface area (Å²) in [6.45, 7) is -0.178. The third-order valence-corrected chi connectivity index (χ3v) is 5.14. The monoisotopic (exact) mass is 391 g/mol. The molecular formula is C20H17N5O2S. The quantitative estimate of drug-likeness (QED) is 0.546. The van der Waals surface area contributed by atoms with Gasteiger partial charge in [-0.15, -0.1) is 10.2 Å². The number of nitrogens with one attached hydrogen (secondary N) is 1. The van der Waals surface area contributed by atoms with Crippen LogP contribution in [0.4, 0.5) is 5.13 Å². The van der Waals surface area contributed by atoms with E-state index in [1.165, 1.54) is 16.9 Å². The van der Waals surface area contributed by atoms with E-state index in [0.29, 0.717) is 10.5 Å². The van der Waals surface area contributed by atoms with Crippen molar-refractivity contribution >= 4 is 33.1 Å². The Labute approximate surface area is 164 Å². The Morgan fingerprint density at radius 3 is 2.64 bits per heavy atom. The van der Waals surface area contributed by atoms with Gasteiger partial charge < -0.3 is 0 Å². The van der Waals surface area contributed by atoms with E-state index in [0.717, 1.165) is 27.9 Å². The van der Waals surface area contributed by atoms with Crippen molar-refractivity contribution in [2.45, 2.75) is 19.4 Å². The molecule has 0 saturated heterocycles. The SMILES string of the molecule is O=C(Cn1ncc2ccccc2c1=O)Nc1nnc(CCc2ccccc2)s1. The summed E-state index contributed by atoms with van der Waals surface area (Å²) in [6.07, 6.45) is 3.19. The molecule has 2 aromatic carbocycles. The van der Waals surface area contributed by atoms with Crippen LogP contribution in [0, 0.1) is 0 Å². The molecule has 0 saturated carbocycles.